The van der Waals surface area contributed by atoms with Crippen LogP contribution >= 0.6 is 0 Å². The zero-order valence-electron chi connectivity index (χ0n) is 12.6. The molecule has 6 heteroatoms. The van der Waals surface area contributed by atoms with Gasteiger partial charge in [0.2, 0.25) is 0 Å². The minimum atomic E-state index is 0.449. The largest absolute Gasteiger partial charge is 0.353 e. The molecular weight excluding hydrogens is 276 g/mol. The Balaban J connectivity index is 1.59. The molecule has 0 fully saturated rings. The van der Waals surface area contributed by atoms with Crippen molar-refractivity contribution in [3.63, 3.8) is 0 Å². The van der Waals surface area contributed by atoms with Gasteiger partial charge in [0, 0.05) is 38.2 Å². The first-order valence-corrected chi connectivity index (χ1v) is 7.40. The zero-order valence-corrected chi connectivity index (χ0v) is 12.6. The molecule has 0 bridgehead atoms. The molecule has 0 aliphatic heterocycles. The van der Waals surface area contributed by atoms with E-state index < -0.39 is 0 Å². The monoisotopic (exact) mass is 296 g/mol. The van der Waals surface area contributed by atoms with E-state index in [2.05, 4.69) is 37.7 Å². The quantitative estimate of drug-likeness (QED) is 0.511. The van der Waals surface area contributed by atoms with Crippen LogP contribution in [-0.2, 0) is 6.54 Å². The third-order valence-corrected chi connectivity index (χ3v) is 3.61. The van der Waals surface area contributed by atoms with Crippen molar-refractivity contribution in [3.8, 4) is 5.82 Å². The second-order valence-corrected chi connectivity index (χ2v) is 5.20. The van der Waals surface area contributed by atoms with E-state index in [1.807, 2.05) is 29.1 Å². The molecule has 0 saturated heterocycles. The fourth-order valence-corrected chi connectivity index (χ4v) is 2.42. The summed E-state index contributed by atoms with van der Waals surface area (Å²) >= 11 is 0. The topological polar surface area (TPSA) is 67.1 Å². The van der Waals surface area contributed by atoms with Crippen LogP contribution in [0.1, 0.15) is 18.4 Å². The summed E-state index contributed by atoms with van der Waals surface area (Å²) in [5.41, 5.74) is 1.14. The lowest BCUT2D eigenvalue weighted by Crippen LogP contribution is -2.42. The number of pyridine rings is 1. The molecule has 0 radical (unpaired) electrons. The van der Waals surface area contributed by atoms with Gasteiger partial charge in [-0.25, -0.2) is 9.97 Å². The van der Waals surface area contributed by atoms with Crippen LogP contribution in [0.3, 0.4) is 0 Å². The van der Waals surface area contributed by atoms with Crippen molar-refractivity contribution in [3.05, 3.63) is 54.8 Å². The first kappa shape index (κ1) is 14.3. The average molecular weight is 296 g/mol. The van der Waals surface area contributed by atoms with Crippen molar-refractivity contribution >= 4 is 5.96 Å². The summed E-state index contributed by atoms with van der Waals surface area (Å²) in [6.45, 7) is 0.698. The van der Waals surface area contributed by atoms with Crippen molar-refractivity contribution in [2.75, 3.05) is 7.05 Å². The molecule has 2 aromatic heterocycles. The van der Waals surface area contributed by atoms with Crippen molar-refractivity contribution < 1.29 is 0 Å². The van der Waals surface area contributed by atoms with Crippen LogP contribution in [0.2, 0.25) is 0 Å². The van der Waals surface area contributed by atoms with Gasteiger partial charge in [0.05, 0.1) is 0 Å². The maximum absolute atomic E-state index is 4.35. The molecule has 0 atom stereocenters. The molecule has 2 N–H and O–H groups in total. The predicted octanol–water partition coefficient (Wildman–Crippen LogP) is 1.65. The molecule has 0 saturated carbocycles. The van der Waals surface area contributed by atoms with E-state index in [1.165, 1.54) is 0 Å². The van der Waals surface area contributed by atoms with E-state index in [-0.39, 0.29) is 0 Å². The second-order valence-electron chi connectivity index (χ2n) is 5.20. The Hall–Kier alpha value is -2.63. The van der Waals surface area contributed by atoms with Crippen LogP contribution in [0.15, 0.2) is 54.2 Å². The molecule has 114 valence electrons. The zero-order chi connectivity index (χ0) is 15.2. The van der Waals surface area contributed by atoms with Crippen LogP contribution < -0.4 is 10.6 Å². The van der Waals surface area contributed by atoms with Crippen molar-refractivity contribution in [1.29, 1.82) is 0 Å². The lowest BCUT2D eigenvalue weighted by molar-refractivity contribution is 0.633. The molecule has 2 aromatic rings. The van der Waals surface area contributed by atoms with Crippen LogP contribution in [0.4, 0.5) is 0 Å². The highest BCUT2D eigenvalue weighted by Gasteiger charge is 2.11. The minimum Gasteiger partial charge on any atom is -0.353 e. The van der Waals surface area contributed by atoms with Crippen LogP contribution in [0.5, 0.6) is 0 Å². The lowest BCUT2D eigenvalue weighted by Gasteiger charge is -2.17. The summed E-state index contributed by atoms with van der Waals surface area (Å²) in [5, 5.41) is 6.77. The van der Waals surface area contributed by atoms with Gasteiger partial charge in [0.25, 0.3) is 0 Å². The lowest BCUT2D eigenvalue weighted by atomic mass is 10.2. The molecular formula is C16H20N6. The molecule has 22 heavy (non-hydrogen) atoms. The highest BCUT2D eigenvalue weighted by Crippen LogP contribution is 2.09. The third-order valence-electron chi connectivity index (χ3n) is 3.61. The van der Waals surface area contributed by atoms with Crippen molar-refractivity contribution in [2.24, 2.45) is 4.99 Å². The van der Waals surface area contributed by atoms with Gasteiger partial charge < -0.3 is 10.6 Å². The van der Waals surface area contributed by atoms with E-state index in [0.717, 1.165) is 30.2 Å². The number of guanidine groups is 1. The average Bonchev–Trinajstić information content (AvgIpc) is 3.25. The maximum Gasteiger partial charge on any atom is 0.191 e. The number of rotatable bonds is 4. The number of aliphatic imine (C=N–C) groups is 1. The molecule has 1 aliphatic rings. The summed E-state index contributed by atoms with van der Waals surface area (Å²) in [5.74, 6) is 1.69. The number of aromatic nitrogens is 3. The Morgan fingerprint density at radius 3 is 2.95 bits per heavy atom. The SMILES string of the molecule is CN=C(NCc1ccnc(-n2ccnc2)c1)NC1CC=CC1. The summed E-state index contributed by atoms with van der Waals surface area (Å²) in [6, 6.07) is 4.49. The number of hydrogen-bond acceptors (Lipinski definition) is 3. The fourth-order valence-electron chi connectivity index (χ4n) is 2.42. The molecule has 6 nitrogen and oxygen atoms in total. The van der Waals surface area contributed by atoms with E-state index >= 15 is 0 Å². The highest BCUT2D eigenvalue weighted by atomic mass is 15.2. The van der Waals surface area contributed by atoms with Crippen molar-refractivity contribution in [2.45, 2.75) is 25.4 Å². The Morgan fingerprint density at radius 2 is 2.23 bits per heavy atom. The smallest absolute Gasteiger partial charge is 0.191 e. The minimum absolute atomic E-state index is 0.449. The standard InChI is InChI=1S/C16H20N6/c1-17-16(21-14-4-2-3-5-14)20-11-13-6-7-19-15(10-13)22-9-8-18-12-22/h2-3,6-10,12,14H,4-5,11H2,1H3,(H2,17,20,21). The molecule has 1 aliphatic carbocycles. The Bertz CT molecular complexity index is 651. The van der Waals surface area contributed by atoms with Crippen molar-refractivity contribution in [1.82, 2.24) is 25.2 Å². The Morgan fingerprint density at radius 1 is 1.36 bits per heavy atom. The van der Waals surface area contributed by atoms with E-state index in [4.69, 9.17) is 0 Å². The summed E-state index contributed by atoms with van der Waals surface area (Å²) in [7, 11) is 1.79. The normalized spacial score (nSPS) is 15.2. The van der Waals surface area contributed by atoms with Gasteiger partial charge in [0.1, 0.15) is 12.1 Å². The van der Waals surface area contributed by atoms with E-state index in [0.29, 0.717) is 12.6 Å². The summed E-state index contributed by atoms with van der Waals surface area (Å²) < 4.78 is 1.89. The summed E-state index contributed by atoms with van der Waals surface area (Å²) in [4.78, 5) is 12.7. The molecule has 0 unspecified atom stereocenters. The second kappa shape index (κ2) is 6.89. The molecule has 2 heterocycles. The third kappa shape index (κ3) is 3.52. The van der Waals surface area contributed by atoms with Gasteiger partial charge in [-0.1, -0.05) is 12.2 Å². The Labute approximate surface area is 130 Å². The summed E-state index contributed by atoms with van der Waals surface area (Å²) in [6.07, 6.45) is 13.7. The Kier molecular flexibility index (Phi) is 4.48. The van der Waals surface area contributed by atoms with E-state index in [1.54, 1.807) is 19.6 Å². The fraction of sp³-hybridized carbons (Fsp3) is 0.312. The first-order valence-electron chi connectivity index (χ1n) is 7.40. The number of nitrogens with one attached hydrogen (secondary N) is 2. The predicted molar refractivity (Wildman–Crippen MR) is 86.9 cm³/mol. The maximum atomic E-state index is 4.35. The van der Waals surface area contributed by atoms with Crippen LogP contribution in [0, 0.1) is 0 Å². The van der Waals surface area contributed by atoms with E-state index in [9.17, 15) is 0 Å². The first-order chi connectivity index (χ1) is 10.8. The molecule has 3 rings (SSSR count). The molecule has 0 spiro atoms. The van der Waals surface area contributed by atoms with Gasteiger partial charge in [-0.05, 0) is 30.5 Å². The van der Waals surface area contributed by atoms with Gasteiger partial charge in [-0.3, -0.25) is 9.56 Å². The molecule has 0 aromatic carbocycles. The number of imidazole rings is 1. The highest BCUT2D eigenvalue weighted by molar-refractivity contribution is 5.80. The van der Waals surface area contributed by atoms with Gasteiger partial charge in [-0.15, -0.1) is 0 Å². The molecule has 0 amide bonds. The van der Waals surface area contributed by atoms with Gasteiger partial charge in [-0.2, -0.15) is 0 Å². The van der Waals surface area contributed by atoms with Gasteiger partial charge >= 0.3 is 0 Å². The van der Waals surface area contributed by atoms with Crippen LogP contribution in [0.25, 0.3) is 5.82 Å². The number of hydrogen-bond donors (Lipinski definition) is 2. The van der Waals surface area contributed by atoms with Gasteiger partial charge in [0.15, 0.2) is 5.96 Å². The number of nitrogens with zero attached hydrogens (tertiary/aromatic N) is 4. The van der Waals surface area contributed by atoms with Crippen LogP contribution in [-0.4, -0.2) is 33.6 Å².